The van der Waals surface area contributed by atoms with E-state index in [4.69, 9.17) is 0 Å². The van der Waals surface area contributed by atoms with Crippen LogP contribution in [0.2, 0.25) is 0 Å². The molecule has 134 valence electrons. The predicted octanol–water partition coefficient (Wildman–Crippen LogP) is 3.15. The van der Waals surface area contributed by atoms with Gasteiger partial charge in [0, 0.05) is 11.3 Å². The van der Waals surface area contributed by atoms with Crippen molar-refractivity contribution in [3.8, 4) is 0 Å². The Labute approximate surface area is 144 Å². The van der Waals surface area contributed by atoms with Crippen LogP contribution in [0.1, 0.15) is 52.4 Å². The molecule has 0 aromatic rings. The third-order valence-electron chi connectivity index (χ3n) is 7.99. The van der Waals surface area contributed by atoms with Crippen molar-refractivity contribution >= 4 is 5.97 Å². The third kappa shape index (κ3) is 1.90. The van der Waals surface area contributed by atoms with Gasteiger partial charge in [0.25, 0.3) is 0 Å². The molecule has 3 fully saturated rings. The minimum atomic E-state index is -1.52. The Morgan fingerprint density at radius 1 is 1.25 bits per heavy atom. The smallest absolute Gasteiger partial charge is 0.314 e. The first kappa shape index (κ1) is 17.7. The molecule has 0 unspecified atom stereocenters. The van der Waals surface area contributed by atoms with E-state index in [1.54, 1.807) is 0 Å². The molecular weight excluding hydrogens is 304 g/mol. The number of rotatable bonds is 2. The van der Waals surface area contributed by atoms with Crippen molar-refractivity contribution in [2.75, 3.05) is 0 Å². The van der Waals surface area contributed by atoms with Gasteiger partial charge in [0.05, 0.1) is 11.7 Å². The Kier molecular flexibility index (Phi) is 4.00. The molecule has 24 heavy (non-hydrogen) atoms. The van der Waals surface area contributed by atoms with Crippen LogP contribution in [0.15, 0.2) is 24.8 Å². The highest BCUT2D eigenvalue weighted by molar-refractivity contribution is 5.77. The molecule has 0 heterocycles. The van der Waals surface area contributed by atoms with E-state index in [0.29, 0.717) is 25.2 Å². The quantitative estimate of drug-likeness (QED) is 0.678. The Bertz CT molecular complexity index is 584. The van der Waals surface area contributed by atoms with Crippen molar-refractivity contribution < 1.29 is 20.1 Å². The van der Waals surface area contributed by atoms with Gasteiger partial charge in [0.15, 0.2) is 0 Å². The zero-order valence-corrected chi connectivity index (χ0v) is 14.8. The first-order valence-corrected chi connectivity index (χ1v) is 9.07. The molecular formula is C20H30O4. The summed E-state index contributed by atoms with van der Waals surface area (Å²) in [6, 6.07) is 0. The number of carbonyl (C=O) groups is 1. The molecule has 0 aliphatic heterocycles. The zero-order valence-electron chi connectivity index (χ0n) is 14.8. The number of aliphatic hydroxyl groups is 2. The number of allylic oxidation sites excluding steroid dienone is 2. The fourth-order valence-electron chi connectivity index (χ4n) is 6.32. The largest absolute Gasteiger partial charge is 0.481 e. The van der Waals surface area contributed by atoms with Crippen molar-refractivity contribution in [1.29, 1.82) is 0 Å². The van der Waals surface area contributed by atoms with E-state index in [0.717, 1.165) is 19.3 Å². The number of hydrogen-bond donors (Lipinski definition) is 3. The van der Waals surface area contributed by atoms with Gasteiger partial charge in [-0.25, -0.2) is 0 Å². The average Bonchev–Trinajstić information content (AvgIpc) is 2.54. The lowest BCUT2D eigenvalue weighted by molar-refractivity contribution is -0.273. The molecule has 0 spiro atoms. The standard InChI is InChI=1S/C20H30O4/c1-5-13-12(2)6-7-15-14(13)8-11-20(24)18(15,3)10-9-16(21)19(20,4)17(22)23/h5,13-16,21,24H,1-2,6-11H2,3-4H3,(H,22,23)/t13-,14+,15+,16-,18-,19-,20+/m1/s1. The van der Waals surface area contributed by atoms with Crippen LogP contribution < -0.4 is 0 Å². The van der Waals surface area contributed by atoms with Crippen LogP contribution in [-0.4, -0.2) is 33.0 Å². The van der Waals surface area contributed by atoms with E-state index in [1.807, 2.05) is 13.0 Å². The van der Waals surface area contributed by atoms with Gasteiger partial charge in [-0.15, -0.1) is 6.58 Å². The van der Waals surface area contributed by atoms with Gasteiger partial charge in [-0.2, -0.15) is 0 Å². The van der Waals surface area contributed by atoms with E-state index in [-0.39, 0.29) is 11.8 Å². The van der Waals surface area contributed by atoms with Gasteiger partial charge < -0.3 is 15.3 Å². The molecule has 3 aliphatic rings. The lowest BCUT2D eigenvalue weighted by Gasteiger charge is -2.66. The molecule has 0 amide bonds. The highest BCUT2D eigenvalue weighted by Gasteiger charge is 2.71. The van der Waals surface area contributed by atoms with E-state index >= 15 is 0 Å². The fourth-order valence-corrected chi connectivity index (χ4v) is 6.32. The summed E-state index contributed by atoms with van der Waals surface area (Å²) in [4.78, 5) is 12.1. The second-order valence-corrected chi connectivity index (χ2v) is 8.61. The minimum absolute atomic E-state index is 0.232. The van der Waals surface area contributed by atoms with Gasteiger partial charge in [-0.1, -0.05) is 25.2 Å². The highest BCUT2D eigenvalue weighted by Crippen LogP contribution is 2.67. The number of fused-ring (bicyclic) bond motifs is 3. The molecule has 4 heteroatoms. The van der Waals surface area contributed by atoms with Crippen LogP contribution in [0.5, 0.6) is 0 Å². The van der Waals surface area contributed by atoms with Crippen LogP contribution >= 0.6 is 0 Å². The molecule has 0 aromatic carbocycles. The number of carboxylic acid groups (broad SMARTS) is 1. The van der Waals surface area contributed by atoms with Crippen molar-refractivity contribution in [3.05, 3.63) is 24.8 Å². The summed E-state index contributed by atoms with van der Waals surface area (Å²) in [5, 5.41) is 32.0. The van der Waals surface area contributed by atoms with Gasteiger partial charge in [0.1, 0.15) is 5.41 Å². The topological polar surface area (TPSA) is 77.8 Å². The maximum atomic E-state index is 12.1. The van der Waals surface area contributed by atoms with Crippen LogP contribution in [0.3, 0.4) is 0 Å². The number of aliphatic carboxylic acids is 1. The van der Waals surface area contributed by atoms with Gasteiger partial charge in [-0.3, -0.25) is 4.79 Å². The average molecular weight is 334 g/mol. The summed E-state index contributed by atoms with van der Waals surface area (Å²) in [7, 11) is 0. The normalized spacial score (nSPS) is 51.4. The second-order valence-electron chi connectivity index (χ2n) is 8.61. The first-order chi connectivity index (χ1) is 11.1. The van der Waals surface area contributed by atoms with Crippen LogP contribution in [0.4, 0.5) is 0 Å². The first-order valence-electron chi connectivity index (χ1n) is 9.07. The van der Waals surface area contributed by atoms with Crippen LogP contribution in [0, 0.1) is 28.6 Å². The Morgan fingerprint density at radius 3 is 2.50 bits per heavy atom. The van der Waals surface area contributed by atoms with Crippen molar-refractivity contribution in [1.82, 2.24) is 0 Å². The van der Waals surface area contributed by atoms with Crippen molar-refractivity contribution in [2.45, 2.75) is 64.1 Å². The molecule has 0 aromatic heterocycles. The molecule has 3 aliphatic carbocycles. The van der Waals surface area contributed by atoms with E-state index in [1.165, 1.54) is 12.5 Å². The van der Waals surface area contributed by atoms with Crippen LogP contribution in [0.25, 0.3) is 0 Å². The van der Waals surface area contributed by atoms with E-state index in [9.17, 15) is 20.1 Å². The fraction of sp³-hybridized carbons (Fsp3) is 0.750. The third-order valence-corrected chi connectivity index (χ3v) is 7.99. The summed E-state index contributed by atoms with van der Waals surface area (Å²) in [5.41, 5.74) is -2.22. The van der Waals surface area contributed by atoms with Crippen molar-refractivity contribution in [2.24, 2.45) is 28.6 Å². The predicted molar refractivity (Wildman–Crippen MR) is 92.3 cm³/mol. The summed E-state index contributed by atoms with van der Waals surface area (Å²) in [6.45, 7) is 11.8. The van der Waals surface area contributed by atoms with Crippen molar-refractivity contribution in [3.63, 3.8) is 0 Å². The maximum absolute atomic E-state index is 12.1. The van der Waals surface area contributed by atoms with Gasteiger partial charge in [-0.05, 0) is 57.3 Å². The molecule has 0 bridgehead atoms. The molecule has 0 saturated heterocycles. The van der Waals surface area contributed by atoms with Crippen LogP contribution in [-0.2, 0) is 4.79 Å². The number of aliphatic hydroxyl groups excluding tert-OH is 1. The summed E-state index contributed by atoms with van der Waals surface area (Å²) < 4.78 is 0. The molecule has 0 radical (unpaired) electrons. The number of carboxylic acids is 1. The highest BCUT2D eigenvalue weighted by atomic mass is 16.4. The minimum Gasteiger partial charge on any atom is -0.481 e. The Hall–Kier alpha value is -1.13. The zero-order chi connectivity index (χ0) is 17.9. The van der Waals surface area contributed by atoms with Gasteiger partial charge >= 0.3 is 5.97 Å². The van der Waals surface area contributed by atoms with Gasteiger partial charge in [0.2, 0.25) is 0 Å². The Morgan fingerprint density at radius 2 is 1.92 bits per heavy atom. The monoisotopic (exact) mass is 334 g/mol. The Balaban J connectivity index is 2.08. The van der Waals surface area contributed by atoms with E-state index in [2.05, 4.69) is 13.2 Å². The lowest BCUT2D eigenvalue weighted by Crippen LogP contribution is -2.72. The molecule has 3 rings (SSSR count). The molecule has 7 atom stereocenters. The summed E-state index contributed by atoms with van der Waals surface area (Å²) in [6.07, 6.45) is 5.02. The maximum Gasteiger partial charge on any atom is 0.314 e. The lowest BCUT2D eigenvalue weighted by atomic mass is 9.40. The molecule has 3 N–H and O–H groups in total. The summed E-state index contributed by atoms with van der Waals surface area (Å²) >= 11 is 0. The number of hydrogen-bond acceptors (Lipinski definition) is 3. The molecule has 4 nitrogen and oxygen atoms in total. The second kappa shape index (κ2) is 5.43. The summed E-state index contributed by atoms with van der Waals surface area (Å²) in [5.74, 6) is -0.256. The van der Waals surface area contributed by atoms with E-state index < -0.39 is 28.5 Å². The SMILES string of the molecule is C=C[C@@H]1C(=C)CC[C@H]2[C@H]1CC[C@@]1(O)[C@@](C)(C(=O)O)[C@H](O)CC[C@]21C. The molecule has 3 saturated carbocycles.